The smallest absolute Gasteiger partial charge is 0.122 e. The molecule has 3 rings (SSSR count). The molecule has 0 spiro atoms. The third kappa shape index (κ3) is 2.68. The molecule has 2 saturated carbocycles. The van der Waals surface area contributed by atoms with Gasteiger partial charge in [0, 0.05) is 10.5 Å². The Morgan fingerprint density at radius 1 is 1.37 bits per heavy atom. The van der Waals surface area contributed by atoms with E-state index in [1.165, 1.54) is 31.2 Å². The molecule has 0 radical (unpaired) electrons. The van der Waals surface area contributed by atoms with E-state index in [0.29, 0.717) is 0 Å². The highest BCUT2D eigenvalue weighted by atomic mass is 79.9. The van der Waals surface area contributed by atoms with E-state index >= 15 is 0 Å². The van der Waals surface area contributed by atoms with Gasteiger partial charge in [0.15, 0.2) is 0 Å². The number of halogens is 1. The zero-order valence-corrected chi connectivity index (χ0v) is 13.0. The fraction of sp³-hybridized carbons (Fsp3) is 0.625. The first kappa shape index (κ1) is 13.4. The number of ether oxygens (including phenoxy) is 1. The molecule has 0 aromatic heterocycles. The van der Waals surface area contributed by atoms with Crippen molar-refractivity contribution in [2.24, 2.45) is 23.5 Å². The molecule has 2 bridgehead atoms. The molecule has 2 nitrogen and oxygen atoms in total. The first-order valence-electron chi connectivity index (χ1n) is 7.25. The first-order valence-corrected chi connectivity index (χ1v) is 8.04. The number of nitrogens with two attached hydrogens (primary N) is 1. The van der Waals surface area contributed by atoms with Crippen LogP contribution < -0.4 is 10.5 Å². The quantitative estimate of drug-likeness (QED) is 0.915. The van der Waals surface area contributed by atoms with Gasteiger partial charge in [0.05, 0.1) is 7.11 Å². The molecular formula is C16H22BrNO. The minimum absolute atomic E-state index is 0.276. The molecular weight excluding hydrogens is 302 g/mol. The van der Waals surface area contributed by atoms with Gasteiger partial charge in [-0.15, -0.1) is 0 Å². The minimum atomic E-state index is 0.276. The summed E-state index contributed by atoms with van der Waals surface area (Å²) in [6.45, 7) is 0. The largest absolute Gasteiger partial charge is 0.496 e. The van der Waals surface area contributed by atoms with E-state index < -0.39 is 0 Å². The van der Waals surface area contributed by atoms with Crippen molar-refractivity contribution >= 4 is 15.9 Å². The average molecular weight is 324 g/mol. The van der Waals surface area contributed by atoms with Crippen molar-refractivity contribution in [3.05, 3.63) is 28.2 Å². The van der Waals surface area contributed by atoms with Crippen LogP contribution in [0, 0.1) is 17.8 Å². The molecule has 2 aliphatic rings. The highest BCUT2D eigenvalue weighted by Crippen LogP contribution is 2.49. The molecule has 19 heavy (non-hydrogen) atoms. The Bertz CT molecular complexity index is 462. The lowest BCUT2D eigenvalue weighted by Crippen LogP contribution is -2.35. The second-order valence-corrected chi connectivity index (χ2v) is 7.08. The van der Waals surface area contributed by atoms with Gasteiger partial charge < -0.3 is 10.5 Å². The SMILES string of the molecule is COc1ccc(Br)cc1CC(N)C1CC2CCC1C2. The van der Waals surface area contributed by atoms with Crippen LogP contribution in [0.25, 0.3) is 0 Å². The van der Waals surface area contributed by atoms with Crippen LogP contribution in [-0.2, 0) is 6.42 Å². The van der Waals surface area contributed by atoms with Crippen LogP contribution in [0.2, 0.25) is 0 Å². The first-order chi connectivity index (χ1) is 9.17. The molecule has 2 aliphatic carbocycles. The zero-order valence-electron chi connectivity index (χ0n) is 11.4. The predicted molar refractivity (Wildman–Crippen MR) is 81.3 cm³/mol. The topological polar surface area (TPSA) is 35.2 Å². The summed E-state index contributed by atoms with van der Waals surface area (Å²) in [5.41, 5.74) is 7.73. The standard InChI is InChI=1S/C16H22BrNO/c1-19-16-5-4-13(17)8-12(16)9-15(18)14-7-10-2-3-11(14)6-10/h4-5,8,10-11,14-15H,2-3,6-7,9,18H2,1H3. The van der Waals surface area contributed by atoms with Crippen molar-refractivity contribution in [1.29, 1.82) is 0 Å². The van der Waals surface area contributed by atoms with E-state index in [9.17, 15) is 0 Å². The number of methoxy groups -OCH3 is 1. The van der Waals surface area contributed by atoms with Crippen LogP contribution in [-0.4, -0.2) is 13.2 Å². The summed E-state index contributed by atoms with van der Waals surface area (Å²) in [4.78, 5) is 0. The van der Waals surface area contributed by atoms with Crippen molar-refractivity contribution in [3.8, 4) is 5.75 Å². The molecule has 1 aromatic rings. The zero-order chi connectivity index (χ0) is 13.4. The van der Waals surface area contributed by atoms with Gasteiger partial charge in [-0.05, 0) is 67.2 Å². The van der Waals surface area contributed by atoms with Gasteiger partial charge in [-0.1, -0.05) is 22.4 Å². The summed E-state index contributed by atoms with van der Waals surface area (Å²) in [5.74, 6) is 3.54. The van der Waals surface area contributed by atoms with Gasteiger partial charge in [-0.3, -0.25) is 0 Å². The Hall–Kier alpha value is -0.540. The Morgan fingerprint density at radius 2 is 2.21 bits per heavy atom. The molecule has 4 unspecified atom stereocenters. The number of hydrogen-bond acceptors (Lipinski definition) is 2. The monoisotopic (exact) mass is 323 g/mol. The number of rotatable bonds is 4. The highest BCUT2D eigenvalue weighted by Gasteiger charge is 2.42. The van der Waals surface area contributed by atoms with Crippen LogP contribution in [0.1, 0.15) is 31.2 Å². The maximum Gasteiger partial charge on any atom is 0.122 e. The molecule has 0 saturated heterocycles. The van der Waals surface area contributed by atoms with E-state index in [1.54, 1.807) is 7.11 Å². The molecule has 3 heteroatoms. The van der Waals surface area contributed by atoms with Crippen LogP contribution in [0.5, 0.6) is 5.75 Å². The lowest BCUT2D eigenvalue weighted by molar-refractivity contribution is 0.278. The summed E-state index contributed by atoms with van der Waals surface area (Å²) in [5, 5.41) is 0. The van der Waals surface area contributed by atoms with E-state index in [1.807, 2.05) is 12.1 Å². The molecule has 4 atom stereocenters. The Morgan fingerprint density at radius 3 is 2.84 bits per heavy atom. The van der Waals surface area contributed by atoms with Gasteiger partial charge >= 0.3 is 0 Å². The summed E-state index contributed by atoms with van der Waals surface area (Å²) < 4.78 is 6.55. The van der Waals surface area contributed by atoms with Crippen LogP contribution in [0.15, 0.2) is 22.7 Å². The second kappa shape index (κ2) is 5.45. The fourth-order valence-corrected chi connectivity index (χ4v) is 4.54. The van der Waals surface area contributed by atoms with Crippen molar-refractivity contribution in [2.75, 3.05) is 7.11 Å². The summed E-state index contributed by atoms with van der Waals surface area (Å²) in [7, 11) is 1.73. The van der Waals surface area contributed by atoms with E-state index in [0.717, 1.165) is 34.4 Å². The maximum atomic E-state index is 6.50. The summed E-state index contributed by atoms with van der Waals surface area (Å²) in [6.07, 6.45) is 6.54. The van der Waals surface area contributed by atoms with E-state index in [4.69, 9.17) is 10.5 Å². The second-order valence-electron chi connectivity index (χ2n) is 6.16. The molecule has 2 N–H and O–H groups in total. The van der Waals surface area contributed by atoms with Crippen molar-refractivity contribution in [2.45, 2.75) is 38.1 Å². The number of hydrogen-bond donors (Lipinski definition) is 1. The van der Waals surface area contributed by atoms with Crippen LogP contribution >= 0.6 is 15.9 Å². The van der Waals surface area contributed by atoms with Gasteiger partial charge in [0.2, 0.25) is 0 Å². The van der Waals surface area contributed by atoms with E-state index in [-0.39, 0.29) is 6.04 Å². The van der Waals surface area contributed by atoms with Crippen LogP contribution in [0.3, 0.4) is 0 Å². The third-order valence-electron chi connectivity index (χ3n) is 5.04. The summed E-state index contributed by atoms with van der Waals surface area (Å²) in [6, 6.07) is 6.46. The summed E-state index contributed by atoms with van der Waals surface area (Å²) >= 11 is 3.54. The normalized spacial score (nSPS) is 30.6. The average Bonchev–Trinajstić information content (AvgIpc) is 3.01. The molecule has 0 heterocycles. The third-order valence-corrected chi connectivity index (χ3v) is 5.53. The lowest BCUT2D eigenvalue weighted by Gasteiger charge is -2.28. The molecule has 2 fully saturated rings. The fourth-order valence-electron chi connectivity index (χ4n) is 4.13. The molecule has 0 aliphatic heterocycles. The maximum absolute atomic E-state index is 6.50. The highest BCUT2D eigenvalue weighted by molar-refractivity contribution is 9.10. The van der Waals surface area contributed by atoms with Gasteiger partial charge in [-0.2, -0.15) is 0 Å². The lowest BCUT2D eigenvalue weighted by atomic mass is 9.81. The molecule has 104 valence electrons. The minimum Gasteiger partial charge on any atom is -0.496 e. The van der Waals surface area contributed by atoms with E-state index in [2.05, 4.69) is 22.0 Å². The van der Waals surface area contributed by atoms with Gasteiger partial charge in [0.25, 0.3) is 0 Å². The van der Waals surface area contributed by atoms with Gasteiger partial charge in [0.1, 0.15) is 5.75 Å². The Labute approximate surface area is 123 Å². The molecule has 1 aromatic carbocycles. The van der Waals surface area contributed by atoms with Crippen molar-refractivity contribution < 1.29 is 4.74 Å². The van der Waals surface area contributed by atoms with Crippen molar-refractivity contribution in [3.63, 3.8) is 0 Å². The molecule has 0 amide bonds. The van der Waals surface area contributed by atoms with Crippen LogP contribution in [0.4, 0.5) is 0 Å². The number of benzene rings is 1. The Kier molecular flexibility index (Phi) is 3.86. The Balaban J connectivity index is 1.72. The number of fused-ring (bicyclic) bond motifs is 2. The van der Waals surface area contributed by atoms with Gasteiger partial charge in [-0.25, -0.2) is 0 Å². The predicted octanol–water partition coefficient (Wildman–Crippen LogP) is 3.76. The van der Waals surface area contributed by atoms with Crippen molar-refractivity contribution in [1.82, 2.24) is 0 Å².